The number of hydrogen-bond acceptors (Lipinski definition) is 5. The molecule has 0 atom stereocenters. The molecule has 0 fully saturated rings. The van der Waals surface area contributed by atoms with Gasteiger partial charge in [-0.05, 0) is 35.4 Å². The molecule has 0 spiro atoms. The minimum Gasteiger partial charge on any atom is -0.508 e. The summed E-state index contributed by atoms with van der Waals surface area (Å²) in [5, 5.41) is 9.51. The van der Waals surface area contributed by atoms with Crippen LogP contribution in [0.1, 0.15) is 11.1 Å². The van der Waals surface area contributed by atoms with Crippen LogP contribution in [0, 0.1) is 0 Å². The first kappa shape index (κ1) is 20.7. The summed E-state index contributed by atoms with van der Waals surface area (Å²) < 4.78 is 38.8. The third-order valence-corrected chi connectivity index (χ3v) is 6.28. The summed E-state index contributed by atoms with van der Waals surface area (Å²) in [5.41, 5.74) is 1.64. The molecular weight excluding hydrogens is 390 g/mol. The first-order valence-corrected chi connectivity index (χ1v) is 10.4. The Balaban J connectivity index is 2.00. The van der Waals surface area contributed by atoms with Crippen molar-refractivity contribution in [2.24, 2.45) is 0 Å². The van der Waals surface area contributed by atoms with Crippen molar-refractivity contribution < 1.29 is 23.0 Å². The Hall–Kier alpha value is -3.03. The number of aromatic hydroxyl groups is 1. The standard InChI is InChI=1S/C22H23NO5S/c1-27-21-13-12-20(14-22(21)28-2)29(25,26)23(15-17-6-4-3-5-7-17)16-18-8-10-19(24)11-9-18/h3-14,24H,15-16H2,1-2H3. The van der Waals surface area contributed by atoms with E-state index in [4.69, 9.17) is 9.47 Å². The molecule has 0 aromatic heterocycles. The summed E-state index contributed by atoms with van der Waals surface area (Å²) in [4.78, 5) is 0.116. The SMILES string of the molecule is COc1ccc(S(=O)(=O)N(Cc2ccccc2)Cc2ccc(O)cc2)cc1OC. The number of methoxy groups -OCH3 is 2. The summed E-state index contributed by atoms with van der Waals surface area (Å²) in [7, 11) is -0.867. The molecule has 0 heterocycles. The molecule has 6 nitrogen and oxygen atoms in total. The molecule has 0 aliphatic carbocycles. The van der Waals surface area contributed by atoms with E-state index in [2.05, 4.69) is 0 Å². The maximum absolute atomic E-state index is 13.5. The van der Waals surface area contributed by atoms with Gasteiger partial charge in [-0.25, -0.2) is 8.42 Å². The number of phenolic OH excluding ortho intramolecular Hbond substituents is 1. The van der Waals surface area contributed by atoms with Crippen molar-refractivity contribution in [1.29, 1.82) is 0 Å². The van der Waals surface area contributed by atoms with E-state index >= 15 is 0 Å². The lowest BCUT2D eigenvalue weighted by Crippen LogP contribution is -2.30. The predicted molar refractivity (Wildman–Crippen MR) is 111 cm³/mol. The fourth-order valence-corrected chi connectivity index (χ4v) is 4.38. The Labute approximate surface area is 171 Å². The minimum absolute atomic E-state index is 0.116. The van der Waals surface area contributed by atoms with Crippen molar-refractivity contribution in [3.63, 3.8) is 0 Å². The van der Waals surface area contributed by atoms with E-state index in [0.29, 0.717) is 11.5 Å². The topological polar surface area (TPSA) is 76.1 Å². The van der Waals surface area contributed by atoms with Crippen LogP contribution in [-0.4, -0.2) is 32.0 Å². The van der Waals surface area contributed by atoms with E-state index in [0.717, 1.165) is 11.1 Å². The number of rotatable bonds is 8. The Morgan fingerprint density at radius 2 is 1.38 bits per heavy atom. The van der Waals surface area contributed by atoms with Crippen LogP contribution in [0.15, 0.2) is 77.7 Å². The van der Waals surface area contributed by atoms with Crippen LogP contribution in [0.3, 0.4) is 0 Å². The molecule has 0 unspecified atom stereocenters. The van der Waals surface area contributed by atoms with Gasteiger partial charge in [0.15, 0.2) is 11.5 Å². The highest BCUT2D eigenvalue weighted by Crippen LogP contribution is 2.31. The fraction of sp³-hybridized carbons (Fsp3) is 0.182. The molecule has 3 rings (SSSR count). The third kappa shape index (κ3) is 4.88. The summed E-state index contributed by atoms with van der Waals surface area (Å²) in [5.74, 6) is 0.934. The van der Waals surface area contributed by atoms with Crippen LogP contribution in [0.25, 0.3) is 0 Å². The van der Waals surface area contributed by atoms with Gasteiger partial charge in [0, 0.05) is 19.2 Å². The maximum atomic E-state index is 13.5. The first-order chi connectivity index (χ1) is 13.9. The zero-order valence-electron chi connectivity index (χ0n) is 16.3. The number of phenols is 1. The number of benzene rings is 3. The largest absolute Gasteiger partial charge is 0.508 e. The van der Waals surface area contributed by atoms with Crippen molar-refractivity contribution in [2.75, 3.05) is 14.2 Å². The van der Waals surface area contributed by atoms with Gasteiger partial charge in [-0.15, -0.1) is 0 Å². The molecule has 0 radical (unpaired) electrons. The van der Waals surface area contributed by atoms with Gasteiger partial charge in [0.2, 0.25) is 10.0 Å². The van der Waals surface area contributed by atoms with Gasteiger partial charge < -0.3 is 14.6 Å². The van der Waals surface area contributed by atoms with Gasteiger partial charge in [-0.2, -0.15) is 4.31 Å². The lowest BCUT2D eigenvalue weighted by Gasteiger charge is -2.23. The summed E-state index contributed by atoms with van der Waals surface area (Å²) >= 11 is 0. The van der Waals surface area contributed by atoms with Gasteiger partial charge in [0.1, 0.15) is 5.75 Å². The second kappa shape index (κ2) is 8.98. The van der Waals surface area contributed by atoms with Crippen molar-refractivity contribution in [3.8, 4) is 17.2 Å². The molecule has 3 aromatic rings. The second-order valence-electron chi connectivity index (χ2n) is 6.44. The Morgan fingerprint density at radius 1 is 0.793 bits per heavy atom. The highest BCUT2D eigenvalue weighted by atomic mass is 32.2. The van der Waals surface area contributed by atoms with Crippen LogP contribution in [0.5, 0.6) is 17.2 Å². The van der Waals surface area contributed by atoms with E-state index in [1.807, 2.05) is 30.3 Å². The Bertz CT molecular complexity index is 1050. The molecule has 0 saturated carbocycles. The van der Waals surface area contributed by atoms with Crippen molar-refractivity contribution in [1.82, 2.24) is 4.31 Å². The van der Waals surface area contributed by atoms with E-state index in [-0.39, 0.29) is 23.7 Å². The van der Waals surface area contributed by atoms with Crippen LogP contribution < -0.4 is 9.47 Å². The number of nitrogens with zero attached hydrogens (tertiary/aromatic N) is 1. The van der Waals surface area contributed by atoms with E-state index in [1.54, 1.807) is 30.3 Å². The number of sulfonamides is 1. The van der Waals surface area contributed by atoms with Crippen molar-refractivity contribution in [3.05, 3.63) is 83.9 Å². The monoisotopic (exact) mass is 413 g/mol. The summed E-state index contributed by atoms with van der Waals surface area (Å²) in [6, 6.07) is 20.4. The Morgan fingerprint density at radius 3 is 1.97 bits per heavy atom. The Kier molecular flexibility index (Phi) is 6.41. The predicted octanol–water partition coefficient (Wildman–Crippen LogP) is 3.80. The molecule has 0 amide bonds. The van der Waals surface area contributed by atoms with Gasteiger partial charge in [0.25, 0.3) is 0 Å². The lowest BCUT2D eigenvalue weighted by atomic mass is 10.2. The molecular formula is C22H23NO5S. The molecule has 0 saturated heterocycles. The van der Waals surface area contributed by atoms with Gasteiger partial charge in [-0.3, -0.25) is 0 Å². The molecule has 0 bridgehead atoms. The molecule has 29 heavy (non-hydrogen) atoms. The highest BCUT2D eigenvalue weighted by Gasteiger charge is 2.26. The minimum atomic E-state index is -3.83. The van der Waals surface area contributed by atoms with E-state index in [1.165, 1.54) is 30.7 Å². The van der Waals surface area contributed by atoms with Gasteiger partial charge >= 0.3 is 0 Å². The first-order valence-electron chi connectivity index (χ1n) is 8.98. The van der Waals surface area contributed by atoms with Crippen LogP contribution in [-0.2, 0) is 23.1 Å². The lowest BCUT2D eigenvalue weighted by molar-refractivity contribution is 0.353. The molecule has 7 heteroatoms. The smallest absolute Gasteiger partial charge is 0.243 e. The van der Waals surface area contributed by atoms with Crippen LogP contribution in [0.4, 0.5) is 0 Å². The number of hydrogen-bond donors (Lipinski definition) is 1. The molecule has 3 aromatic carbocycles. The van der Waals surface area contributed by atoms with E-state index < -0.39 is 10.0 Å². The van der Waals surface area contributed by atoms with Crippen molar-refractivity contribution in [2.45, 2.75) is 18.0 Å². The second-order valence-corrected chi connectivity index (χ2v) is 8.38. The molecule has 1 N–H and O–H groups in total. The fourth-order valence-electron chi connectivity index (χ4n) is 2.94. The number of ether oxygens (including phenoxy) is 2. The quantitative estimate of drug-likeness (QED) is 0.608. The van der Waals surface area contributed by atoms with Gasteiger partial charge in [0.05, 0.1) is 19.1 Å². The molecule has 0 aliphatic heterocycles. The van der Waals surface area contributed by atoms with E-state index in [9.17, 15) is 13.5 Å². The zero-order chi connectivity index (χ0) is 20.9. The summed E-state index contributed by atoms with van der Waals surface area (Å²) in [6.45, 7) is 0.365. The molecule has 152 valence electrons. The van der Waals surface area contributed by atoms with Crippen LogP contribution >= 0.6 is 0 Å². The average Bonchev–Trinajstić information content (AvgIpc) is 2.75. The van der Waals surface area contributed by atoms with Crippen LogP contribution in [0.2, 0.25) is 0 Å². The third-order valence-electron chi connectivity index (χ3n) is 4.49. The van der Waals surface area contributed by atoms with Crippen molar-refractivity contribution >= 4 is 10.0 Å². The zero-order valence-corrected chi connectivity index (χ0v) is 17.1. The molecule has 0 aliphatic rings. The maximum Gasteiger partial charge on any atom is 0.243 e. The summed E-state index contributed by atoms with van der Waals surface area (Å²) in [6.07, 6.45) is 0. The average molecular weight is 413 g/mol. The van der Waals surface area contributed by atoms with Gasteiger partial charge in [-0.1, -0.05) is 42.5 Å². The normalized spacial score (nSPS) is 11.4. The highest BCUT2D eigenvalue weighted by molar-refractivity contribution is 7.89.